The second kappa shape index (κ2) is 8.99. The number of cyclic esters (lactones) is 1. The summed E-state index contributed by atoms with van der Waals surface area (Å²) >= 11 is 1.13. The highest BCUT2D eigenvalue weighted by Crippen LogP contribution is 2.33. The van der Waals surface area contributed by atoms with Crippen LogP contribution < -0.4 is 20.0 Å². The highest BCUT2D eigenvalue weighted by molar-refractivity contribution is 7.19. The van der Waals surface area contributed by atoms with E-state index in [9.17, 15) is 24.1 Å². The molecule has 1 unspecified atom stereocenters. The molecule has 0 spiro atoms. The third-order valence-electron chi connectivity index (χ3n) is 5.39. The van der Waals surface area contributed by atoms with E-state index in [-0.39, 0.29) is 24.0 Å². The van der Waals surface area contributed by atoms with Crippen LogP contribution in [-0.2, 0) is 9.53 Å². The SMILES string of the molecule is CC(=O)NCC1CN(c2ccc(N3CCN(c4ccc([N+](=O)[O-])s4)CC3)c(F)c2)C(=O)O1. The smallest absolute Gasteiger partial charge is 0.414 e. The Bertz CT molecular complexity index is 1040. The number of anilines is 3. The van der Waals surface area contributed by atoms with Crippen LogP contribution in [0.5, 0.6) is 0 Å². The molecule has 2 aromatic rings. The van der Waals surface area contributed by atoms with Gasteiger partial charge in [-0.1, -0.05) is 0 Å². The minimum Gasteiger partial charge on any atom is -0.442 e. The zero-order chi connectivity index (χ0) is 22.8. The van der Waals surface area contributed by atoms with Crippen molar-refractivity contribution in [3.63, 3.8) is 0 Å². The van der Waals surface area contributed by atoms with Gasteiger partial charge in [0.15, 0.2) is 0 Å². The molecule has 32 heavy (non-hydrogen) atoms. The van der Waals surface area contributed by atoms with Gasteiger partial charge in [-0.3, -0.25) is 19.8 Å². The van der Waals surface area contributed by atoms with Crippen LogP contribution in [0.4, 0.5) is 30.6 Å². The largest absolute Gasteiger partial charge is 0.442 e. The molecule has 0 radical (unpaired) electrons. The summed E-state index contributed by atoms with van der Waals surface area (Å²) in [5.74, 6) is -0.659. The number of benzene rings is 1. The van der Waals surface area contributed by atoms with Crippen molar-refractivity contribution in [1.82, 2.24) is 5.32 Å². The first-order valence-electron chi connectivity index (χ1n) is 10.1. The molecule has 3 heterocycles. The number of ether oxygens (including phenoxy) is 1. The molecular formula is C20H22FN5O5S. The lowest BCUT2D eigenvalue weighted by atomic mass is 10.2. The number of amides is 2. The first-order valence-corrected chi connectivity index (χ1v) is 10.9. The molecule has 0 aliphatic carbocycles. The maximum absolute atomic E-state index is 14.9. The topological polar surface area (TPSA) is 108 Å². The predicted octanol–water partition coefficient (Wildman–Crippen LogP) is 2.58. The Morgan fingerprint density at radius 3 is 2.59 bits per heavy atom. The van der Waals surface area contributed by atoms with E-state index in [4.69, 9.17) is 4.74 Å². The van der Waals surface area contributed by atoms with Crippen LogP contribution in [-0.4, -0.2) is 62.3 Å². The zero-order valence-corrected chi connectivity index (χ0v) is 18.1. The summed E-state index contributed by atoms with van der Waals surface area (Å²) in [6.45, 7) is 4.16. The van der Waals surface area contributed by atoms with Crippen molar-refractivity contribution in [3.8, 4) is 0 Å². The second-order valence-corrected chi connectivity index (χ2v) is 8.57. The number of carbonyl (C=O) groups is 2. The Kier molecular flexibility index (Phi) is 6.12. The maximum atomic E-state index is 14.9. The molecule has 1 atom stereocenters. The number of thiophene rings is 1. The molecule has 2 aliphatic heterocycles. The third kappa shape index (κ3) is 4.59. The predicted molar refractivity (Wildman–Crippen MR) is 118 cm³/mol. The number of halogens is 1. The Labute approximate surface area is 187 Å². The van der Waals surface area contributed by atoms with E-state index >= 15 is 0 Å². The Morgan fingerprint density at radius 1 is 1.25 bits per heavy atom. The summed E-state index contributed by atoms with van der Waals surface area (Å²) in [5.41, 5.74) is 0.832. The van der Waals surface area contributed by atoms with Crippen molar-refractivity contribution in [2.75, 3.05) is 54.0 Å². The van der Waals surface area contributed by atoms with Crippen LogP contribution in [0.1, 0.15) is 6.92 Å². The summed E-state index contributed by atoms with van der Waals surface area (Å²) in [6.07, 6.45) is -1.07. The number of hydrogen-bond acceptors (Lipinski definition) is 8. The molecule has 1 N–H and O–H groups in total. The number of rotatable bonds is 6. The zero-order valence-electron chi connectivity index (χ0n) is 17.3. The average Bonchev–Trinajstić information content (AvgIpc) is 3.39. The molecule has 2 amide bonds. The van der Waals surface area contributed by atoms with Gasteiger partial charge in [0.25, 0.3) is 0 Å². The summed E-state index contributed by atoms with van der Waals surface area (Å²) in [6, 6.07) is 7.86. The fourth-order valence-corrected chi connectivity index (χ4v) is 4.64. The van der Waals surface area contributed by atoms with Crippen LogP contribution in [0, 0.1) is 15.9 Å². The third-order valence-corrected chi connectivity index (χ3v) is 6.48. The molecule has 2 fully saturated rings. The summed E-state index contributed by atoms with van der Waals surface area (Å²) in [4.78, 5) is 39.0. The molecular weight excluding hydrogens is 441 g/mol. The number of piperazine rings is 1. The monoisotopic (exact) mass is 463 g/mol. The molecule has 2 aliphatic rings. The number of nitro groups is 1. The maximum Gasteiger partial charge on any atom is 0.414 e. The van der Waals surface area contributed by atoms with E-state index < -0.39 is 22.9 Å². The lowest BCUT2D eigenvalue weighted by Crippen LogP contribution is -2.46. The number of nitrogens with zero attached hydrogens (tertiary/aromatic N) is 4. The van der Waals surface area contributed by atoms with Crippen molar-refractivity contribution in [2.24, 2.45) is 0 Å². The normalized spacial score (nSPS) is 18.6. The standard InChI is InChI=1S/C20H22FN5O5S/c1-13(27)22-11-15-12-25(20(28)31-15)14-2-3-17(16(21)10-14)23-6-8-24(9-7-23)18-4-5-19(32-18)26(29)30/h2-5,10,15H,6-9,11-12H2,1H3,(H,22,27). The minimum atomic E-state index is -0.578. The van der Waals surface area contributed by atoms with Gasteiger partial charge >= 0.3 is 11.1 Å². The molecule has 1 aromatic heterocycles. The van der Waals surface area contributed by atoms with Crippen LogP contribution in [0.2, 0.25) is 0 Å². The fraction of sp³-hybridized carbons (Fsp3) is 0.400. The summed E-state index contributed by atoms with van der Waals surface area (Å²) < 4.78 is 20.1. The number of hydrogen-bond donors (Lipinski definition) is 1. The van der Waals surface area contributed by atoms with E-state index in [2.05, 4.69) is 10.2 Å². The van der Waals surface area contributed by atoms with Crippen molar-refractivity contribution < 1.29 is 23.6 Å². The van der Waals surface area contributed by atoms with Crippen molar-refractivity contribution in [2.45, 2.75) is 13.0 Å². The van der Waals surface area contributed by atoms with Gasteiger partial charge in [-0.2, -0.15) is 0 Å². The molecule has 2 saturated heterocycles. The summed E-state index contributed by atoms with van der Waals surface area (Å²) in [7, 11) is 0. The van der Waals surface area contributed by atoms with Crippen molar-refractivity contribution in [1.29, 1.82) is 0 Å². The number of carbonyl (C=O) groups excluding carboxylic acids is 2. The Balaban J connectivity index is 1.38. The van der Waals surface area contributed by atoms with Gasteiger partial charge in [0.1, 0.15) is 11.9 Å². The molecule has 170 valence electrons. The quantitative estimate of drug-likeness (QED) is 0.518. The van der Waals surface area contributed by atoms with E-state index in [1.165, 1.54) is 24.0 Å². The number of nitrogens with one attached hydrogen (secondary N) is 1. The minimum absolute atomic E-state index is 0.101. The molecule has 0 saturated carbocycles. The molecule has 4 rings (SSSR count). The van der Waals surface area contributed by atoms with E-state index in [0.29, 0.717) is 37.6 Å². The highest BCUT2D eigenvalue weighted by Gasteiger charge is 2.33. The Hall–Kier alpha value is -3.41. The lowest BCUT2D eigenvalue weighted by molar-refractivity contribution is -0.380. The average molecular weight is 463 g/mol. The first-order chi connectivity index (χ1) is 15.3. The van der Waals surface area contributed by atoms with Gasteiger partial charge in [0.05, 0.1) is 34.4 Å². The van der Waals surface area contributed by atoms with Crippen LogP contribution >= 0.6 is 11.3 Å². The lowest BCUT2D eigenvalue weighted by Gasteiger charge is -2.36. The van der Waals surface area contributed by atoms with Gasteiger partial charge in [-0.05, 0) is 35.6 Å². The van der Waals surface area contributed by atoms with E-state index in [1.807, 2.05) is 4.90 Å². The molecule has 0 bridgehead atoms. The van der Waals surface area contributed by atoms with E-state index in [1.54, 1.807) is 18.2 Å². The van der Waals surface area contributed by atoms with Crippen LogP contribution in [0.25, 0.3) is 0 Å². The van der Waals surface area contributed by atoms with Crippen molar-refractivity contribution in [3.05, 3.63) is 46.3 Å². The van der Waals surface area contributed by atoms with Gasteiger partial charge in [-0.15, -0.1) is 0 Å². The van der Waals surface area contributed by atoms with Gasteiger partial charge in [0, 0.05) is 39.2 Å². The van der Waals surface area contributed by atoms with Crippen molar-refractivity contribution >= 4 is 44.7 Å². The van der Waals surface area contributed by atoms with E-state index in [0.717, 1.165) is 16.3 Å². The summed E-state index contributed by atoms with van der Waals surface area (Å²) in [5, 5.41) is 14.4. The molecule has 1 aromatic carbocycles. The van der Waals surface area contributed by atoms with Crippen LogP contribution in [0.3, 0.4) is 0 Å². The van der Waals surface area contributed by atoms with Gasteiger partial charge in [-0.25, -0.2) is 9.18 Å². The molecule has 12 heteroatoms. The fourth-order valence-electron chi connectivity index (χ4n) is 3.77. The first kappa shape index (κ1) is 21.8. The Morgan fingerprint density at radius 2 is 1.97 bits per heavy atom. The highest BCUT2D eigenvalue weighted by atomic mass is 32.1. The second-order valence-electron chi connectivity index (χ2n) is 7.53. The molecule has 10 nitrogen and oxygen atoms in total. The van der Waals surface area contributed by atoms with Gasteiger partial charge < -0.3 is 19.9 Å². The van der Waals surface area contributed by atoms with Gasteiger partial charge in [0.2, 0.25) is 5.91 Å². The van der Waals surface area contributed by atoms with Crippen LogP contribution in [0.15, 0.2) is 30.3 Å².